The lowest BCUT2D eigenvalue weighted by atomic mass is 9.91. The average molecular weight is 613 g/mol. The first kappa shape index (κ1) is 33.2. The molecule has 1 aliphatic rings. The lowest BCUT2D eigenvalue weighted by molar-refractivity contribution is -0.156. The molecule has 11 nitrogen and oxygen atoms in total. The number of aliphatic hydroxyl groups excluding tert-OH is 1. The molecule has 0 aliphatic carbocycles. The van der Waals surface area contributed by atoms with E-state index in [1.165, 1.54) is 38.1 Å². The molecule has 15 heteroatoms. The number of pyridine rings is 1. The molecule has 0 radical (unpaired) electrons. The number of ether oxygens (including phenoxy) is 1. The first-order chi connectivity index (χ1) is 20.1. The fourth-order valence-electron chi connectivity index (χ4n) is 4.55. The Bertz CT molecular complexity index is 1390. The number of amides is 3. The molecule has 1 saturated heterocycles. The molecular formula is C28H32F4N4O7. The number of aromatic hydroxyl groups is 1. The van der Waals surface area contributed by atoms with E-state index in [4.69, 9.17) is 4.74 Å². The molecule has 5 N–H and O–H groups in total. The second-order valence-electron chi connectivity index (χ2n) is 10.7. The van der Waals surface area contributed by atoms with E-state index in [1.54, 1.807) is 13.8 Å². The normalized spacial score (nSPS) is 25.2. The third-order valence-corrected chi connectivity index (χ3v) is 6.97. The van der Waals surface area contributed by atoms with Gasteiger partial charge in [-0.3, -0.25) is 14.4 Å². The molecule has 1 aromatic heterocycles. The molecule has 43 heavy (non-hydrogen) atoms. The molecular weight excluding hydrogens is 580 g/mol. The number of carbonyl (C=O) groups excluding carboxylic acids is 4. The summed E-state index contributed by atoms with van der Waals surface area (Å²) in [5, 5.41) is 28.3. The van der Waals surface area contributed by atoms with Gasteiger partial charge in [0.05, 0.1) is 23.6 Å². The van der Waals surface area contributed by atoms with E-state index in [9.17, 15) is 47.0 Å². The largest absolute Gasteiger partial charge is 0.507 e. The Hall–Kier alpha value is -4.27. The first-order valence-electron chi connectivity index (χ1n) is 13.4. The average Bonchev–Trinajstić information content (AvgIpc) is 2.94. The van der Waals surface area contributed by atoms with Crippen LogP contribution in [0.1, 0.15) is 50.0 Å². The van der Waals surface area contributed by atoms with Crippen LogP contribution in [0.15, 0.2) is 24.3 Å². The summed E-state index contributed by atoms with van der Waals surface area (Å²) in [7, 11) is 0. The van der Waals surface area contributed by atoms with Crippen molar-refractivity contribution < 1.29 is 51.7 Å². The highest BCUT2D eigenvalue weighted by Crippen LogP contribution is 2.22. The molecule has 0 bridgehead atoms. The molecule has 6 atom stereocenters. The summed E-state index contributed by atoms with van der Waals surface area (Å²) in [6, 6.07) is 0.647. The van der Waals surface area contributed by atoms with E-state index < -0.39 is 101 Å². The number of phenols is 1. The number of halogens is 4. The van der Waals surface area contributed by atoms with Crippen molar-refractivity contribution in [1.29, 1.82) is 0 Å². The minimum atomic E-state index is -2.10. The second-order valence-corrected chi connectivity index (χ2v) is 10.7. The molecule has 1 unspecified atom stereocenters. The van der Waals surface area contributed by atoms with E-state index in [0.29, 0.717) is 0 Å². The highest BCUT2D eigenvalue weighted by Gasteiger charge is 2.40. The van der Waals surface area contributed by atoms with Crippen LogP contribution in [0.4, 0.5) is 17.6 Å². The van der Waals surface area contributed by atoms with Gasteiger partial charge in [0, 0.05) is 12.0 Å². The van der Waals surface area contributed by atoms with Gasteiger partial charge in [-0.05, 0) is 31.4 Å². The van der Waals surface area contributed by atoms with Crippen LogP contribution in [0.3, 0.4) is 0 Å². The SMILES string of the molecule is CC(C)CC1NC(=O)[C@H](C)[C@H](O)[C@H](Cc2c(F)nc(F)c(F)c2F)NC(=O)[C@@H](NC(=O)c2ccccc2O)[C@@H](C)OC1=O. The van der Waals surface area contributed by atoms with Gasteiger partial charge in [-0.15, -0.1) is 0 Å². The standard InChI is InChI=1S/C28H32F4N4O7/c1-11(2)9-17-28(42)43-13(4)21(35-26(40)14-7-5-6-8-18(14)37)27(41)33-16(22(38)12(3)25(39)34-17)10-15-19(29)20(30)24(32)36-23(15)31/h5-8,11-13,16-17,21-22,37-38H,9-10H2,1-4H3,(H,33,41)(H,34,39)(H,35,40)/t12-,13-,16+,17?,21+,22+/m1/s1. The highest BCUT2D eigenvalue weighted by atomic mass is 19.2. The van der Waals surface area contributed by atoms with Crippen molar-refractivity contribution >= 4 is 23.7 Å². The second kappa shape index (κ2) is 13.8. The van der Waals surface area contributed by atoms with Gasteiger partial charge in [0.15, 0.2) is 5.82 Å². The number of para-hydroxylation sites is 1. The van der Waals surface area contributed by atoms with Crippen molar-refractivity contribution in [3.05, 3.63) is 58.9 Å². The molecule has 0 spiro atoms. The summed E-state index contributed by atoms with van der Waals surface area (Å²) in [6.07, 6.45) is -4.25. The van der Waals surface area contributed by atoms with Crippen LogP contribution in [0.2, 0.25) is 0 Å². The Kier molecular flexibility index (Phi) is 10.7. The number of esters is 1. The highest BCUT2D eigenvalue weighted by molar-refractivity contribution is 6.00. The van der Waals surface area contributed by atoms with E-state index in [2.05, 4.69) is 20.9 Å². The van der Waals surface area contributed by atoms with Crippen LogP contribution >= 0.6 is 0 Å². The van der Waals surface area contributed by atoms with Crippen molar-refractivity contribution in [2.24, 2.45) is 11.8 Å². The Morgan fingerprint density at radius 2 is 1.67 bits per heavy atom. The van der Waals surface area contributed by atoms with Crippen molar-refractivity contribution in [2.75, 3.05) is 0 Å². The minimum Gasteiger partial charge on any atom is -0.507 e. The van der Waals surface area contributed by atoms with Gasteiger partial charge in [0.25, 0.3) is 11.9 Å². The molecule has 1 aromatic carbocycles. The number of hydrogen-bond donors (Lipinski definition) is 5. The zero-order chi connectivity index (χ0) is 32.2. The number of nitrogens with zero attached hydrogens (tertiary/aromatic N) is 1. The van der Waals surface area contributed by atoms with Gasteiger partial charge in [0.2, 0.25) is 23.6 Å². The number of carbonyl (C=O) groups is 4. The zero-order valence-corrected chi connectivity index (χ0v) is 23.7. The summed E-state index contributed by atoms with van der Waals surface area (Å²) in [6.45, 7) is 5.98. The maximum Gasteiger partial charge on any atom is 0.328 e. The molecule has 1 aliphatic heterocycles. The fraction of sp³-hybridized carbons (Fsp3) is 0.464. The van der Waals surface area contributed by atoms with E-state index in [-0.39, 0.29) is 17.9 Å². The molecule has 1 fully saturated rings. The maximum absolute atomic E-state index is 14.6. The zero-order valence-electron chi connectivity index (χ0n) is 23.7. The number of aromatic nitrogens is 1. The van der Waals surface area contributed by atoms with E-state index >= 15 is 0 Å². The Labute approximate surface area is 244 Å². The van der Waals surface area contributed by atoms with Gasteiger partial charge in [-0.2, -0.15) is 18.2 Å². The minimum absolute atomic E-state index is 0.0849. The smallest absolute Gasteiger partial charge is 0.328 e. The number of hydrogen-bond acceptors (Lipinski definition) is 8. The Morgan fingerprint density at radius 3 is 2.30 bits per heavy atom. The van der Waals surface area contributed by atoms with Gasteiger partial charge < -0.3 is 30.9 Å². The number of aliphatic hydroxyl groups is 1. The van der Waals surface area contributed by atoms with E-state index in [1.807, 2.05) is 0 Å². The van der Waals surface area contributed by atoms with Crippen molar-refractivity contribution in [3.8, 4) is 5.75 Å². The van der Waals surface area contributed by atoms with Crippen molar-refractivity contribution in [2.45, 2.75) is 70.9 Å². The quantitative estimate of drug-likeness (QED) is 0.187. The summed E-state index contributed by atoms with van der Waals surface area (Å²) in [4.78, 5) is 55.3. The molecule has 0 saturated carbocycles. The Balaban J connectivity index is 2.07. The number of cyclic esters (lactones) is 1. The molecule has 234 valence electrons. The Morgan fingerprint density at radius 1 is 1.02 bits per heavy atom. The van der Waals surface area contributed by atoms with Crippen LogP contribution in [0, 0.1) is 35.4 Å². The van der Waals surface area contributed by atoms with Gasteiger partial charge in [-0.1, -0.05) is 32.9 Å². The monoisotopic (exact) mass is 612 g/mol. The number of benzene rings is 1. The lowest BCUT2D eigenvalue weighted by Gasteiger charge is -2.33. The van der Waals surface area contributed by atoms with Crippen LogP contribution in [-0.2, 0) is 25.5 Å². The van der Waals surface area contributed by atoms with Crippen molar-refractivity contribution in [1.82, 2.24) is 20.9 Å². The third-order valence-electron chi connectivity index (χ3n) is 6.97. The predicted octanol–water partition coefficient (Wildman–Crippen LogP) is 1.64. The fourth-order valence-corrected chi connectivity index (χ4v) is 4.55. The number of nitrogens with one attached hydrogen (secondary N) is 3. The molecule has 2 heterocycles. The first-order valence-corrected chi connectivity index (χ1v) is 13.4. The summed E-state index contributed by atoms with van der Waals surface area (Å²) in [5.41, 5.74) is -1.37. The molecule has 3 rings (SSSR count). The van der Waals surface area contributed by atoms with Gasteiger partial charge in [0.1, 0.15) is 23.9 Å². The third kappa shape index (κ3) is 7.77. The lowest BCUT2D eigenvalue weighted by Crippen LogP contribution is -2.60. The molecule has 2 aromatic rings. The summed E-state index contributed by atoms with van der Waals surface area (Å²) >= 11 is 0. The van der Waals surface area contributed by atoms with Crippen LogP contribution in [-0.4, -0.2) is 69.2 Å². The van der Waals surface area contributed by atoms with Crippen LogP contribution in [0.5, 0.6) is 5.75 Å². The number of rotatable bonds is 6. The molecule has 3 amide bonds. The topological polar surface area (TPSA) is 167 Å². The van der Waals surface area contributed by atoms with Crippen LogP contribution in [0.25, 0.3) is 0 Å². The summed E-state index contributed by atoms with van der Waals surface area (Å²) < 4.78 is 61.9. The van der Waals surface area contributed by atoms with Crippen molar-refractivity contribution in [3.63, 3.8) is 0 Å². The maximum atomic E-state index is 14.6. The van der Waals surface area contributed by atoms with Gasteiger partial charge >= 0.3 is 5.97 Å². The number of phenolic OH excluding ortho intramolecular Hbond substituents is 1. The van der Waals surface area contributed by atoms with E-state index in [0.717, 1.165) is 0 Å². The summed E-state index contributed by atoms with van der Waals surface area (Å²) in [5.74, 6) is -13.8. The van der Waals surface area contributed by atoms with Gasteiger partial charge in [-0.25, -0.2) is 9.18 Å². The predicted molar refractivity (Wildman–Crippen MR) is 141 cm³/mol. The van der Waals surface area contributed by atoms with Crippen LogP contribution < -0.4 is 16.0 Å².